The van der Waals surface area contributed by atoms with E-state index in [0.29, 0.717) is 0 Å². The quantitative estimate of drug-likeness (QED) is 0.811. The van der Waals surface area contributed by atoms with Gasteiger partial charge in [0, 0.05) is 18.1 Å². The molecule has 2 rings (SSSR count). The molecule has 1 aromatic carbocycles. The van der Waals surface area contributed by atoms with E-state index >= 15 is 0 Å². The molecule has 2 N–H and O–H groups in total. The Labute approximate surface area is 92.3 Å². The summed E-state index contributed by atoms with van der Waals surface area (Å²) in [6.07, 6.45) is 3.52. The zero-order valence-electron chi connectivity index (χ0n) is 8.50. The molecule has 0 bridgehead atoms. The highest BCUT2D eigenvalue weighted by atomic mass is 16.4. The number of rotatable bonds is 4. The standard InChI is InChI=1S/C11H11N3O2/c15-11(16)8-12-9-3-1-4-10(7-9)14-6-2-5-13-14/h1-7,12H,8H2,(H,15,16). The van der Waals surface area contributed by atoms with Crippen molar-refractivity contribution in [1.29, 1.82) is 0 Å². The van der Waals surface area contributed by atoms with Crippen LogP contribution in [0.3, 0.4) is 0 Å². The number of aromatic nitrogens is 2. The van der Waals surface area contributed by atoms with Crippen LogP contribution in [0.4, 0.5) is 5.69 Å². The summed E-state index contributed by atoms with van der Waals surface area (Å²) in [6.45, 7) is -0.0947. The zero-order chi connectivity index (χ0) is 11.4. The predicted molar refractivity (Wildman–Crippen MR) is 59.7 cm³/mol. The highest BCUT2D eigenvalue weighted by molar-refractivity contribution is 5.73. The molecule has 1 heterocycles. The third-order valence-electron chi connectivity index (χ3n) is 2.06. The van der Waals surface area contributed by atoms with Gasteiger partial charge in [-0.2, -0.15) is 5.10 Å². The van der Waals surface area contributed by atoms with Crippen molar-refractivity contribution in [3.63, 3.8) is 0 Å². The van der Waals surface area contributed by atoms with Gasteiger partial charge in [0.2, 0.25) is 0 Å². The van der Waals surface area contributed by atoms with Crippen molar-refractivity contribution in [2.45, 2.75) is 0 Å². The summed E-state index contributed by atoms with van der Waals surface area (Å²) in [5, 5.41) is 15.4. The van der Waals surface area contributed by atoms with Crippen LogP contribution in [-0.2, 0) is 4.79 Å². The smallest absolute Gasteiger partial charge is 0.322 e. The van der Waals surface area contributed by atoms with Crippen molar-refractivity contribution in [2.75, 3.05) is 11.9 Å². The highest BCUT2D eigenvalue weighted by Gasteiger charge is 1.99. The van der Waals surface area contributed by atoms with Gasteiger partial charge in [-0.3, -0.25) is 4.79 Å². The molecule has 0 amide bonds. The lowest BCUT2D eigenvalue weighted by molar-refractivity contribution is -0.134. The van der Waals surface area contributed by atoms with E-state index in [9.17, 15) is 4.79 Å². The molecule has 0 atom stereocenters. The average Bonchev–Trinajstić information content (AvgIpc) is 2.80. The molecule has 0 saturated heterocycles. The molecule has 5 heteroatoms. The largest absolute Gasteiger partial charge is 0.480 e. The highest BCUT2D eigenvalue weighted by Crippen LogP contribution is 2.13. The Hall–Kier alpha value is -2.30. The van der Waals surface area contributed by atoms with Crippen LogP contribution in [0.5, 0.6) is 0 Å². The lowest BCUT2D eigenvalue weighted by Crippen LogP contribution is -2.12. The number of benzene rings is 1. The van der Waals surface area contributed by atoms with Crippen molar-refractivity contribution >= 4 is 11.7 Å². The van der Waals surface area contributed by atoms with E-state index in [0.717, 1.165) is 11.4 Å². The van der Waals surface area contributed by atoms with Crippen molar-refractivity contribution < 1.29 is 9.90 Å². The number of carboxylic acid groups (broad SMARTS) is 1. The van der Waals surface area contributed by atoms with Gasteiger partial charge in [-0.05, 0) is 24.3 Å². The first-order valence-corrected chi connectivity index (χ1v) is 4.81. The fraction of sp³-hybridized carbons (Fsp3) is 0.0909. The molecule has 0 fully saturated rings. The predicted octanol–water partition coefficient (Wildman–Crippen LogP) is 1.37. The van der Waals surface area contributed by atoms with Crippen molar-refractivity contribution in [3.8, 4) is 5.69 Å². The monoisotopic (exact) mass is 217 g/mol. The zero-order valence-corrected chi connectivity index (χ0v) is 8.50. The van der Waals surface area contributed by atoms with E-state index in [-0.39, 0.29) is 6.54 Å². The Kier molecular flexibility index (Phi) is 2.86. The van der Waals surface area contributed by atoms with E-state index in [2.05, 4.69) is 10.4 Å². The van der Waals surface area contributed by atoms with Crippen LogP contribution in [0.1, 0.15) is 0 Å². The Morgan fingerprint density at radius 2 is 2.31 bits per heavy atom. The lowest BCUT2D eigenvalue weighted by Gasteiger charge is -2.06. The van der Waals surface area contributed by atoms with E-state index in [1.54, 1.807) is 10.9 Å². The second-order valence-electron chi connectivity index (χ2n) is 3.25. The lowest BCUT2D eigenvalue weighted by atomic mass is 10.3. The van der Waals surface area contributed by atoms with Crippen LogP contribution in [0.2, 0.25) is 0 Å². The van der Waals surface area contributed by atoms with Gasteiger partial charge in [-0.25, -0.2) is 4.68 Å². The second-order valence-corrected chi connectivity index (χ2v) is 3.25. The number of nitrogens with zero attached hydrogens (tertiary/aromatic N) is 2. The minimum Gasteiger partial charge on any atom is -0.480 e. The van der Waals surface area contributed by atoms with Crippen molar-refractivity contribution in [2.24, 2.45) is 0 Å². The molecule has 0 aliphatic carbocycles. The number of aliphatic carboxylic acids is 1. The third kappa shape index (κ3) is 2.38. The minimum absolute atomic E-state index is 0.0947. The van der Waals surface area contributed by atoms with Gasteiger partial charge in [-0.15, -0.1) is 0 Å². The molecule has 0 spiro atoms. The SMILES string of the molecule is O=C(O)CNc1cccc(-n2cccn2)c1. The van der Waals surface area contributed by atoms with Gasteiger partial charge in [0.1, 0.15) is 6.54 Å². The number of hydrogen-bond acceptors (Lipinski definition) is 3. The fourth-order valence-corrected chi connectivity index (χ4v) is 1.36. The first-order chi connectivity index (χ1) is 7.75. The van der Waals surface area contributed by atoms with Crippen molar-refractivity contribution in [3.05, 3.63) is 42.7 Å². The Balaban J connectivity index is 2.17. The van der Waals surface area contributed by atoms with E-state index in [1.807, 2.05) is 36.5 Å². The number of nitrogens with one attached hydrogen (secondary N) is 1. The summed E-state index contributed by atoms with van der Waals surface area (Å²) in [7, 11) is 0. The maximum absolute atomic E-state index is 10.4. The van der Waals surface area contributed by atoms with E-state index < -0.39 is 5.97 Å². The molecule has 2 aromatic rings. The van der Waals surface area contributed by atoms with Crippen LogP contribution >= 0.6 is 0 Å². The summed E-state index contributed by atoms with van der Waals surface area (Å²) in [5.74, 6) is -0.885. The maximum Gasteiger partial charge on any atom is 0.322 e. The third-order valence-corrected chi connectivity index (χ3v) is 2.06. The molecular formula is C11H11N3O2. The minimum atomic E-state index is -0.885. The van der Waals surface area contributed by atoms with E-state index in [4.69, 9.17) is 5.11 Å². The van der Waals surface area contributed by atoms with Gasteiger partial charge in [0.05, 0.1) is 5.69 Å². The molecule has 0 unspecified atom stereocenters. The summed E-state index contributed by atoms with van der Waals surface area (Å²) in [5.41, 5.74) is 1.65. The number of carbonyl (C=O) groups is 1. The first kappa shape index (κ1) is 10.2. The molecular weight excluding hydrogens is 206 g/mol. The molecule has 1 aromatic heterocycles. The maximum atomic E-state index is 10.4. The van der Waals surface area contributed by atoms with Crippen LogP contribution in [0.25, 0.3) is 5.69 Å². The van der Waals surface area contributed by atoms with Crippen molar-refractivity contribution in [1.82, 2.24) is 9.78 Å². The van der Waals surface area contributed by atoms with Gasteiger partial charge >= 0.3 is 5.97 Å². The summed E-state index contributed by atoms with van der Waals surface area (Å²) < 4.78 is 1.71. The molecule has 0 saturated carbocycles. The fourth-order valence-electron chi connectivity index (χ4n) is 1.36. The Morgan fingerprint density at radius 1 is 1.44 bits per heavy atom. The Morgan fingerprint density at radius 3 is 3.00 bits per heavy atom. The van der Waals surface area contributed by atoms with Gasteiger partial charge in [0.15, 0.2) is 0 Å². The van der Waals surface area contributed by atoms with Gasteiger partial charge in [0.25, 0.3) is 0 Å². The van der Waals surface area contributed by atoms with Gasteiger partial charge in [-0.1, -0.05) is 6.07 Å². The van der Waals surface area contributed by atoms with Gasteiger partial charge < -0.3 is 10.4 Å². The summed E-state index contributed by atoms with van der Waals surface area (Å²) in [6, 6.07) is 9.24. The summed E-state index contributed by atoms with van der Waals surface area (Å²) >= 11 is 0. The number of carboxylic acids is 1. The first-order valence-electron chi connectivity index (χ1n) is 4.81. The van der Waals surface area contributed by atoms with Crippen LogP contribution in [0, 0.1) is 0 Å². The topological polar surface area (TPSA) is 67.2 Å². The Bertz CT molecular complexity index is 480. The molecule has 16 heavy (non-hydrogen) atoms. The number of anilines is 1. The normalized spacial score (nSPS) is 10.0. The molecule has 82 valence electrons. The van der Waals surface area contributed by atoms with Crippen LogP contribution < -0.4 is 5.32 Å². The van der Waals surface area contributed by atoms with Crippen LogP contribution in [0.15, 0.2) is 42.7 Å². The second kappa shape index (κ2) is 4.48. The molecule has 5 nitrogen and oxygen atoms in total. The molecule has 0 radical (unpaired) electrons. The summed E-state index contributed by atoms with van der Waals surface area (Å²) in [4.78, 5) is 10.4. The number of hydrogen-bond donors (Lipinski definition) is 2. The average molecular weight is 217 g/mol. The van der Waals surface area contributed by atoms with Crippen LogP contribution in [-0.4, -0.2) is 27.4 Å². The van der Waals surface area contributed by atoms with E-state index in [1.165, 1.54) is 0 Å². The molecule has 0 aliphatic heterocycles. The molecule has 0 aliphatic rings.